The van der Waals surface area contributed by atoms with Crippen molar-refractivity contribution in [1.29, 1.82) is 0 Å². The number of nitrogens with one attached hydrogen (secondary N) is 1. The number of unbranched alkanes of at least 4 members (excludes halogenated alkanes) is 1. The first-order valence-corrected chi connectivity index (χ1v) is 14.9. The molecule has 0 fully saturated rings. The third-order valence-electron chi connectivity index (χ3n) is 6.23. The second-order valence-corrected chi connectivity index (χ2v) is 11.7. The second kappa shape index (κ2) is 13.4. The zero-order chi connectivity index (χ0) is 27.9. The van der Waals surface area contributed by atoms with Gasteiger partial charge in [-0.25, -0.2) is 8.42 Å². The van der Waals surface area contributed by atoms with Gasteiger partial charge in [-0.05, 0) is 44.0 Å². The Balaban J connectivity index is 1.99. The summed E-state index contributed by atoms with van der Waals surface area (Å²) in [5.74, 6) is -0.273. The lowest BCUT2D eigenvalue weighted by Crippen LogP contribution is -2.52. The molecule has 0 unspecified atom stereocenters. The molecule has 0 radical (unpaired) electrons. The van der Waals surface area contributed by atoms with Gasteiger partial charge in [-0.2, -0.15) is 0 Å². The number of rotatable bonds is 13. The largest absolute Gasteiger partial charge is 0.454 e. The average Bonchev–Trinajstić information content (AvgIpc) is 3.36. The summed E-state index contributed by atoms with van der Waals surface area (Å²) >= 11 is 12.8. The summed E-state index contributed by atoms with van der Waals surface area (Å²) in [6.45, 7) is 5.19. The molecule has 208 valence electrons. The van der Waals surface area contributed by atoms with E-state index in [1.807, 2.05) is 6.92 Å². The van der Waals surface area contributed by atoms with Gasteiger partial charge in [0.2, 0.25) is 28.6 Å². The molecule has 1 N–H and O–H groups in total. The highest BCUT2D eigenvalue weighted by Gasteiger charge is 2.33. The Bertz CT molecular complexity index is 1240. The Labute approximate surface area is 234 Å². The zero-order valence-corrected chi connectivity index (χ0v) is 24.0. The fourth-order valence-corrected chi connectivity index (χ4v) is 5.61. The Morgan fingerprint density at radius 3 is 2.37 bits per heavy atom. The lowest BCUT2D eigenvalue weighted by atomic mass is 10.1. The smallest absolute Gasteiger partial charge is 0.244 e. The van der Waals surface area contributed by atoms with Gasteiger partial charge in [0, 0.05) is 34.8 Å². The van der Waals surface area contributed by atoms with Crippen LogP contribution in [0.25, 0.3) is 0 Å². The Morgan fingerprint density at radius 2 is 1.74 bits per heavy atom. The van der Waals surface area contributed by atoms with E-state index in [4.69, 9.17) is 32.7 Å². The maximum atomic E-state index is 13.9. The third kappa shape index (κ3) is 7.03. The van der Waals surface area contributed by atoms with E-state index in [0.717, 1.165) is 17.1 Å². The van der Waals surface area contributed by atoms with Crippen molar-refractivity contribution in [3.63, 3.8) is 0 Å². The highest BCUT2D eigenvalue weighted by molar-refractivity contribution is 7.92. The lowest BCUT2D eigenvalue weighted by molar-refractivity contribution is -0.140. The molecule has 1 aliphatic heterocycles. The Hall–Kier alpha value is -2.69. The second-order valence-electron chi connectivity index (χ2n) is 8.74. The highest BCUT2D eigenvalue weighted by atomic mass is 35.5. The predicted octanol–water partition coefficient (Wildman–Crippen LogP) is 4.60. The van der Waals surface area contributed by atoms with Gasteiger partial charge in [0.25, 0.3) is 0 Å². The minimum absolute atomic E-state index is 0.0237. The van der Waals surface area contributed by atoms with E-state index in [1.54, 1.807) is 37.3 Å². The van der Waals surface area contributed by atoms with Gasteiger partial charge in [-0.1, -0.05) is 49.5 Å². The van der Waals surface area contributed by atoms with Gasteiger partial charge in [-0.15, -0.1) is 0 Å². The number of hydrogen-bond donors (Lipinski definition) is 1. The number of anilines is 1. The molecule has 0 aromatic heterocycles. The maximum absolute atomic E-state index is 13.9. The van der Waals surface area contributed by atoms with E-state index in [1.165, 1.54) is 17.9 Å². The molecule has 0 bridgehead atoms. The van der Waals surface area contributed by atoms with Crippen molar-refractivity contribution in [2.45, 2.75) is 52.6 Å². The standard InChI is InChI=1S/C26H33Cl2N3O6S/c1-4-7-13-29-26(33)22(5-2)30(15-19-20(27)9-8-10-21(19)28)25(32)16-31(38(34,35)6-3)18-11-12-23-24(14-18)37-17-36-23/h8-12,14,22H,4-7,13,15-17H2,1-3H3,(H,29,33)/t22-/m0/s1. The number of halogens is 2. The minimum Gasteiger partial charge on any atom is -0.454 e. The van der Waals surface area contributed by atoms with E-state index in [2.05, 4.69) is 5.32 Å². The Morgan fingerprint density at radius 1 is 1.05 bits per heavy atom. The monoisotopic (exact) mass is 585 g/mol. The number of carbonyl (C=O) groups is 2. The number of benzene rings is 2. The van der Waals surface area contributed by atoms with Gasteiger partial charge in [0.05, 0.1) is 11.4 Å². The van der Waals surface area contributed by atoms with Gasteiger partial charge in [0.1, 0.15) is 12.6 Å². The molecule has 1 heterocycles. The van der Waals surface area contributed by atoms with Crippen LogP contribution in [0.5, 0.6) is 11.5 Å². The summed E-state index contributed by atoms with van der Waals surface area (Å²) in [6.07, 6.45) is 1.99. The van der Waals surface area contributed by atoms with Crippen molar-refractivity contribution in [3.8, 4) is 11.5 Å². The van der Waals surface area contributed by atoms with Crippen LogP contribution in [0.2, 0.25) is 10.0 Å². The Kier molecular flexibility index (Phi) is 10.5. The lowest BCUT2D eigenvalue weighted by Gasteiger charge is -2.33. The van der Waals surface area contributed by atoms with Crippen molar-refractivity contribution in [3.05, 3.63) is 52.0 Å². The van der Waals surface area contributed by atoms with E-state index >= 15 is 0 Å². The molecule has 12 heteroatoms. The van der Waals surface area contributed by atoms with Crippen molar-refractivity contribution < 1.29 is 27.5 Å². The molecular weight excluding hydrogens is 553 g/mol. The topological polar surface area (TPSA) is 105 Å². The third-order valence-corrected chi connectivity index (χ3v) is 8.68. The fourth-order valence-electron chi connectivity index (χ4n) is 4.04. The molecule has 0 saturated carbocycles. The number of nitrogens with zero attached hydrogens (tertiary/aromatic N) is 2. The summed E-state index contributed by atoms with van der Waals surface area (Å²) in [5.41, 5.74) is 0.720. The summed E-state index contributed by atoms with van der Waals surface area (Å²) < 4.78 is 38.0. The first-order valence-electron chi connectivity index (χ1n) is 12.5. The molecule has 0 saturated heterocycles. The number of amides is 2. The van der Waals surface area contributed by atoms with Crippen LogP contribution in [0.3, 0.4) is 0 Å². The normalized spacial score (nSPS) is 13.2. The van der Waals surface area contributed by atoms with E-state index < -0.39 is 28.5 Å². The molecule has 2 aromatic carbocycles. The van der Waals surface area contributed by atoms with E-state index in [-0.39, 0.29) is 30.7 Å². The van der Waals surface area contributed by atoms with Crippen LogP contribution in [0.15, 0.2) is 36.4 Å². The first kappa shape index (κ1) is 29.9. The van der Waals surface area contributed by atoms with Gasteiger partial charge >= 0.3 is 0 Å². The fraction of sp³-hybridized carbons (Fsp3) is 0.462. The molecule has 9 nitrogen and oxygen atoms in total. The minimum atomic E-state index is -3.88. The molecule has 1 atom stereocenters. The van der Waals surface area contributed by atoms with Crippen molar-refractivity contribution in [2.24, 2.45) is 0 Å². The molecule has 38 heavy (non-hydrogen) atoms. The molecule has 2 aromatic rings. The quantitative estimate of drug-likeness (QED) is 0.344. The summed E-state index contributed by atoms with van der Waals surface area (Å²) in [4.78, 5) is 28.4. The van der Waals surface area contributed by atoms with Crippen LogP contribution in [0, 0.1) is 0 Å². The van der Waals surface area contributed by atoms with Crippen molar-refractivity contribution >= 4 is 50.7 Å². The zero-order valence-electron chi connectivity index (χ0n) is 21.7. The van der Waals surface area contributed by atoms with E-state index in [0.29, 0.717) is 40.1 Å². The van der Waals surface area contributed by atoms with Crippen molar-refractivity contribution in [2.75, 3.05) is 29.9 Å². The maximum Gasteiger partial charge on any atom is 0.244 e. The number of ether oxygens (including phenoxy) is 2. The predicted molar refractivity (Wildman–Crippen MR) is 148 cm³/mol. The number of sulfonamides is 1. The molecule has 3 rings (SSSR count). The molecule has 2 amide bonds. The molecule has 0 spiro atoms. The van der Waals surface area contributed by atoms with Gasteiger partial charge in [0.15, 0.2) is 11.5 Å². The van der Waals surface area contributed by atoms with Crippen LogP contribution in [0.4, 0.5) is 5.69 Å². The number of fused-ring (bicyclic) bond motifs is 1. The van der Waals surface area contributed by atoms with E-state index in [9.17, 15) is 18.0 Å². The molecular formula is C26H33Cl2N3O6S. The summed E-state index contributed by atoms with van der Waals surface area (Å²) in [7, 11) is -3.88. The number of carbonyl (C=O) groups excluding carboxylic acids is 2. The molecule has 0 aliphatic carbocycles. The van der Waals surface area contributed by atoms with Crippen LogP contribution >= 0.6 is 23.2 Å². The van der Waals surface area contributed by atoms with Crippen LogP contribution in [0.1, 0.15) is 45.6 Å². The van der Waals surface area contributed by atoms with Crippen LogP contribution in [-0.2, 0) is 26.2 Å². The van der Waals surface area contributed by atoms with Gasteiger partial charge < -0.3 is 19.7 Å². The summed E-state index contributed by atoms with van der Waals surface area (Å²) in [6, 6.07) is 8.78. The SMILES string of the molecule is CCCCNC(=O)[C@H](CC)N(Cc1c(Cl)cccc1Cl)C(=O)CN(c1ccc2c(c1)OCO2)S(=O)(=O)CC. The average molecular weight is 587 g/mol. The number of hydrogen-bond acceptors (Lipinski definition) is 6. The van der Waals surface area contributed by atoms with Gasteiger partial charge in [-0.3, -0.25) is 13.9 Å². The highest BCUT2D eigenvalue weighted by Crippen LogP contribution is 2.36. The van der Waals surface area contributed by atoms with Crippen LogP contribution in [-0.4, -0.2) is 56.8 Å². The first-order chi connectivity index (χ1) is 18.1. The van der Waals surface area contributed by atoms with Crippen molar-refractivity contribution in [1.82, 2.24) is 10.2 Å². The van der Waals surface area contributed by atoms with Crippen LogP contribution < -0.4 is 19.1 Å². The summed E-state index contributed by atoms with van der Waals surface area (Å²) in [5, 5.41) is 3.56. The molecule has 1 aliphatic rings.